The molecule has 2 rings (SSSR count). The molecule has 0 atom stereocenters. The minimum Gasteiger partial charge on any atom is -0.475 e. The molecule has 0 unspecified atom stereocenters. The summed E-state index contributed by atoms with van der Waals surface area (Å²) in [4.78, 5) is 12.8. The largest absolute Gasteiger partial charge is 0.475 e. The lowest BCUT2D eigenvalue weighted by molar-refractivity contribution is 0.143. The van der Waals surface area contributed by atoms with E-state index < -0.39 is 0 Å². The molecule has 0 saturated carbocycles. The highest BCUT2D eigenvalue weighted by molar-refractivity contribution is 5.79. The van der Waals surface area contributed by atoms with Gasteiger partial charge in [-0.05, 0) is 18.2 Å². The molecule has 0 radical (unpaired) electrons. The molecule has 0 fully saturated rings. The van der Waals surface area contributed by atoms with Gasteiger partial charge in [0.1, 0.15) is 6.61 Å². The summed E-state index contributed by atoms with van der Waals surface area (Å²) in [6.07, 6.45) is 4.35. The number of ether oxygens (including phenoxy) is 2. The van der Waals surface area contributed by atoms with Crippen molar-refractivity contribution in [2.45, 2.75) is 13.0 Å². The second kappa shape index (κ2) is 11.0. The lowest BCUT2D eigenvalue weighted by Crippen LogP contribution is -2.38. The minimum atomic E-state index is 0.470. The Balaban J connectivity index is 1.80. The maximum atomic E-state index is 5.64. The number of nitrogens with one attached hydrogen (secondary N) is 2. The Labute approximate surface area is 148 Å². The third-order valence-corrected chi connectivity index (χ3v) is 3.45. The molecule has 0 amide bonds. The van der Waals surface area contributed by atoms with E-state index in [1.165, 1.54) is 0 Å². The van der Waals surface area contributed by atoms with E-state index in [0.29, 0.717) is 25.6 Å². The molecule has 2 heterocycles. The summed E-state index contributed by atoms with van der Waals surface area (Å²) >= 11 is 0. The predicted molar refractivity (Wildman–Crippen MR) is 97.8 cm³/mol. The molecule has 0 bridgehead atoms. The van der Waals surface area contributed by atoms with Crippen LogP contribution in [-0.2, 0) is 17.7 Å². The first-order valence-electron chi connectivity index (χ1n) is 8.23. The van der Waals surface area contributed by atoms with Crippen LogP contribution in [0.5, 0.6) is 5.88 Å². The summed E-state index contributed by atoms with van der Waals surface area (Å²) in [7, 11) is 3.39. The van der Waals surface area contributed by atoms with Crippen molar-refractivity contribution in [1.82, 2.24) is 20.6 Å². The number of hydrogen-bond acceptors (Lipinski definition) is 5. The molecule has 134 valence electrons. The molecule has 0 aromatic carbocycles. The zero-order valence-corrected chi connectivity index (χ0v) is 14.7. The summed E-state index contributed by atoms with van der Waals surface area (Å²) in [6.45, 7) is 2.32. The summed E-state index contributed by atoms with van der Waals surface area (Å²) in [5, 5.41) is 6.55. The highest BCUT2D eigenvalue weighted by Crippen LogP contribution is 2.13. The average molecular weight is 343 g/mol. The summed E-state index contributed by atoms with van der Waals surface area (Å²) in [5.74, 6) is 1.33. The van der Waals surface area contributed by atoms with E-state index in [4.69, 9.17) is 9.47 Å². The van der Waals surface area contributed by atoms with Crippen LogP contribution in [0.4, 0.5) is 0 Å². The van der Waals surface area contributed by atoms with Crippen molar-refractivity contribution >= 4 is 5.96 Å². The lowest BCUT2D eigenvalue weighted by Gasteiger charge is -2.14. The van der Waals surface area contributed by atoms with Crippen LogP contribution in [0, 0.1) is 0 Å². The molecule has 0 saturated heterocycles. The van der Waals surface area contributed by atoms with Gasteiger partial charge in [-0.2, -0.15) is 0 Å². The van der Waals surface area contributed by atoms with E-state index >= 15 is 0 Å². The predicted octanol–water partition coefficient (Wildman–Crippen LogP) is 1.41. The van der Waals surface area contributed by atoms with E-state index in [9.17, 15) is 0 Å². The van der Waals surface area contributed by atoms with Gasteiger partial charge in [0.05, 0.1) is 6.61 Å². The molecule has 0 aliphatic heterocycles. The van der Waals surface area contributed by atoms with E-state index in [0.717, 1.165) is 30.2 Å². The third kappa shape index (κ3) is 6.76. The Kier molecular flexibility index (Phi) is 8.20. The first-order chi connectivity index (χ1) is 12.3. The number of aliphatic imine (C=N–C) groups is 1. The van der Waals surface area contributed by atoms with E-state index in [-0.39, 0.29) is 0 Å². The molecule has 0 spiro atoms. The van der Waals surface area contributed by atoms with Crippen LogP contribution < -0.4 is 15.4 Å². The van der Waals surface area contributed by atoms with Crippen LogP contribution >= 0.6 is 0 Å². The highest BCUT2D eigenvalue weighted by atomic mass is 16.5. The Morgan fingerprint density at radius 1 is 1.08 bits per heavy atom. The zero-order valence-electron chi connectivity index (χ0n) is 14.7. The molecule has 25 heavy (non-hydrogen) atoms. The van der Waals surface area contributed by atoms with Crippen LogP contribution in [0.15, 0.2) is 47.7 Å². The molecule has 0 aliphatic rings. The van der Waals surface area contributed by atoms with Crippen LogP contribution in [0.3, 0.4) is 0 Å². The van der Waals surface area contributed by atoms with Gasteiger partial charge in [-0.25, -0.2) is 4.98 Å². The fourth-order valence-electron chi connectivity index (χ4n) is 2.16. The van der Waals surface area contributed by atoms with E-state index in [2.05, 4.69) is 25.6 Å². The Morgan fingerprint density at radius 3 is 2.72 bits per heavy atom. The monoisotopic (exact) mass is 343 g/mol. The lowest BCUT2D eigenvalue weighted by atomic mass is 10.2. The van der Waals surface area contributed by atoms with E-state index in [1.807, 2.05) is 30.3 Å². The number of guanidine groups is 1. The van der Waals surface area contributed by atoms with Crippen molar-refractivity contribution in [2.75, 3.05) is 33.9 Å². The standard InChI is InChI=1S/C18H25N5O2/c1-19-18(22-11-8-16-7-3-4-9-20-16)23-14-15-6-5-10-21-17(15)25-13-12-24-2/h3-7,9-10H,8,11-14H2,1-2H3,(H2,19,22,23). The fourth-order valence-corrected chi connectivity index (χ4v) is 2.16. The zero-order chi connectivity index (χ0) is 17.7. The van der Waals surface area contributed by atoms with Crippen molar-refractivity contribution in [3.05, 3.63) is 54.0 Å². The maximum absolute atomic E-state index is 5.64. The van der Waals surface area contributed by atoms with Crippen LogP contribution in [0.2, 0.25) is 0 Å². The second-order valence-electron chi connectivity index (χ2n) is 5.23. The molecule has 2 aromatic rings. The van der Waals surface area contributed by atoms with Gasteiger partial charge in [-0.15, -0.1) is 0 Å². The van der Waals surface area contributed by atoms with Gasteiger partial charge in [0, 0.05) is 57.3 Å². The number of pyridine rings is 2. The van der Waals surface area contributed by atoms with Gasteiger partial charge in [0.25, 0.3) is 0 Å². The first-order valence-corrected chi connectivity index (χ1v) is 8.23. The second-order valence-corrected chi connectivity index (χ2v) is 5.23. The van der Waals surface area contributed by atoms with Crippen molar-refractivity contribution in [1.29, 1.82) is 0 Å². The van der Waals surface area contributed by atoms with Gasteiger partial charge in [0.15, 0.2) is 5.96 Å². The Bertz CT molecular complexity index is 649. The fraction of sp³-hybridized carbons (Fsp3) is 0.389. The quantitative estimate of drug-likeness (QED) is 0.407. The normalized spacial score (nSPS) is 11.2. The Hall–Kier alpha value is -2.67. The van der Waals surface area contributed by atoms with Gasteiger partial charge in [0.2, 0.25) is 5.88 Å². The topological polar surface area (TPSA) is 80.7 Å². The number of nitrogens with zero attached hydrogens (tertiary/aromatic N) is 3. The number of rotatable bonds is 9. The SMILES string of the molecule is CN=C(NCCc1ccccn1)NCc1cccnc1OCCOC. The average Bonchev–Trinajstić information content (AvgIpc) is 2.66. The molecule has 0 aliphatic carbocycles. The van der Waals surface area contributed by atoms with Gasteiger partial charge < -0.3 is 20.1 Å². The van der Waals surface area contributed by atoms with Crippen LogP contribution in [0.25, 0.3) is 0 Å². The number of aromatic nitrogens is 2. The van der Waals surface area contributed by atoms with Crippen LogP contribution in [-0.4, -0.2) is 49.8 Å². The number of methoxy groups -OCH3 is 1. The smallest absolute Gasteiger partial charge is 0.218 e. The molecule has 2 aromatic heterocycles. The summed E-state index contributed by atoms with van der Waals surface area (Å²) < 4.78 is 10.6. The Morgan fingerprint density at radius 2 is 1.96 bits per heavy atom. The molecular weight excluding hydrogens is 318 g/mol. The summed E-state index contributed by atoms with van der Waals surface area (Å²) in [6, 6.07) is 9.78. The minimum absolute atomic E-state index is 0.470. The van der Waals surface area contributed by atoms with Crippen molar-refractivity contribution < 1.29 is 9.47 Å². The van der Waals surface area contributed by atoms with Gasteiger partial charge in [-0.3, -0.25) is 9.98 Å². The molecule has 7 heteroatoms. The van der Waals surface area contributed by atoms with Crippen LogP contribution in [0.1, 0.15) is 11.3 Å². The number of hydrogen-bond donors (Lipinski definition) is 2. The van der Waals surface area contributed by atoms with Crippen molar-refractivity contribution in [2.24, 2.45) is 4.99 Å². The first kappa shape index (κ1) is 18.7. The van der Waals surface area contributed by atoms with Crippen molar-refractivity contribution in [3.8, 4) is 5.88 Å². The molecule has 2 N–H and O–H groups in total. The molecule has 7 nitrogen and oxygen atoms in total. The van der Waals surface area contributed by atoms with Gasteiger partial charge >= 0.3 is 0 Å². The molecular formula is C18H25N5O2. The maximum Gasteiger partial charge on any atom is 0.218 e. The third-order valence-electron chi connectivity index (χ3n) is 3.45. The van der Waals surface area contributed by atoms with Crippen molar-refractivity contribution in [3.63, 3.8) is 0 Å². The van der Waals surface area contributed by atoms with E-state index in [1.54, 1.807) is 26.6 Å². The summed E-state index contributed by atoms with van der Waals surface area (Å²) in [5.41, 5.74) is 2.01. The highest BCUT2D eigenvalue weighted by Gasteiger charge is 2.06. The van der Waals surface area contributed by atoms with Gasteiger partial charge in [-0.1, -0.05) is 12.1 Å².